The predicted molar refractivity (Wildman–Crippen MR) is 62.0 cm³/mol. The van der Waals surface area contributed by atoms with Gasteiger partial charge in [0, 0.05) is 7.05 Å². The van der Waals surface area contributed by atoms with Gasteiger partial charge in [-0.1, -0.05) is 6.07 Å². The normalized spacial score (nSPS) is 9.53. The molecule has 0 unspecified atom stereocenters. The second-order valence-electron chi connectivity index (χ2n) is 3.21. The van der Waals surface area contributed by atoms with Crippen molar-refractivity contribution >= 4 is 11.9 Å². The SMILES string of the molecule is CCOC(=O)c1cccc(OCC(=O)NC)c1. The van der Waals surface area contributed by atoms with Gasteiger partial charge in [-0.3, -0.25) is 4.79 Å². The van der Waals surface area contributed by atoms with E-state index in [9.17, 15) is 9.59 Å². The van der Waals surface area contributed by atoms with Crippen LogP contribution < -0.4 is 10.1 Å². The highest BCUT2D eigenvalue weighted by atomic mass is 16.5. The van der Waals surface area contributed by atoms with Crippen LogP contribution in [-0.2, 0) is 9.53 Å². The average molecular weight is 237 g/mol. The minimum atomic E-state index is -0.405. The lowest BCUT2D eigenvalue weighted by atomic mass is 10.2. The summed E-state index contributed by atoms with van der Waals surface area (Å²) in [5.41, 5.74) is 0.404. The van der Waals surface area contributed by atoms with Crippen LogP contribution in [0.1, 0.15) is 17.3 Å². The zero-order valence-electron chi connectivity index (χ0n) is 9.86. The van der Waals surface area contributed by atoms with Crippen molar-refractivity contribution in [1.29, 1.82) is 0 Å². The van der Waals surface area contributed by atoms with Crippen LogP contribution in [0.25, 0.3) is 0 Å². The zero-order valence-corrected chi connectivity index (χ0v) is 9.86. The van der Waals surface area contributed by atoms with E-state index in [1.165, 1.54) is 7.05 Å². The van der Waals surface area contributed by atoms with Gasteiger partial charge in [0.1, 0.15) is 5.75 Å². The number of rotatable bonds is 5. The molecule has 0 bridgehead atoms. The smallest absolute Gasteiger partial charge is 0.338 e. The molecule has 0 saturated carbocycles. The van der Waals surface area contributed by atoms with Gasteiger partial charge < -0.3 is 14.8 Å². The van der Waals surface area contributed by atoms with Crippen molar-refractivity contribution in [3.63, 3.8) is 0 Å². The third-order valence-corrected chi connectivity index (χ3v) is 1.99. The van der Waals surface area contributed by atoms with E-state index in [1.54, 1.807) is 31.2 Å². The Morgan fingerprint density at radius 2 is 2.12 bits per heavy atom. The van der Waals surface area contributed by atoms with Crippen LogP contribution in [0.2, 0.25) is 0 Å². The average Bonchev–Trinajstić information content (AvgIpc) is 2.36. The van der Waals surface area contributed by atoms with E-state index in [0.29, 0.717) is 17.9 Å². The topological polar surface area (TPSA) is 64.6 Å². The summed E-state index contributed by atoms with van der Waals surface area (Å²) in [4.78, 5) is 22.4. The Hall–Kier alpha value is -2.04. The van der Waals surface area contributed by atoms with Gasteiger partial charge in [0.2, 0.25) is 0 Å². The van der Waals surface area contributed by atoms with Crippen molar-refractivity contribution < 1.29 is 19.1 Å². The van der Waals surface area contributed by atoms with Crippen LogP contribution in [0, 0.1) is 0 Å². The summed E-state index contributed by atoms with van der Waals surface area (Å²) in [5, 5.41) is 2.44. The third kappa shape index (κ3) is 4.14. The van der Waals surface area contributed by atoms with Crippen LogP contribution in [0.15, 0.2) is 24.3 Å². The molecule has 1 rings (SSSR count). The predicted octanol–water partition coefficient (Wildman–Crippen LogP) is 0.988. The van der Waals surface area contributed by atoms with Crippen molar-refractivity contribution in [3.05, 3.63) is 29.8 Å². The lowest BCUT2D eigenvalue weighted by Gasteiger charge is -2.06. The number of ether oxygens (including phenoxy) is 2. The largest absolute Gasteiger partial charge is 0.484 e. The van der Waals surface area contributed by atoms with Gasteiger partial charge in [-0.15, -0.1) is 0 Å². The number of carbonyl (C=O) groups is 2. The minimum absolute atomic E-state index is 0.0806. The summed E-state index contributed by atoms with van der Waals surface area (Å²) >= 11 is 0. The molecule has 0 saturated heterocycles. The minimum Gasteiger partial charge on any atom is -0.484 e. The van der Waals surface area contributed by atoms with Crippen molar-refractivity contribution in [3.8, 4) is 5.75 Å². The molecule has 0 spiro atoms. The van der Waals surface area contributed by atoms with Gasteiger partial charge in [-0.05, 0) is 25.1 Å². The first kappa shape index (κ1) is 13.0. The number of amides is 1. The summed E-state index contributed by atoms with van der Waals surface area (Å²) in [6.07, 6.45) is 0. The van der Waals surface area contributed by atoms with E-state index >= 15 is 0 Å². The summed E-state index contributed by atoms with van der Waals surface area (Å²) in [6.45, 7) is 1.98. The molecule has 0 aliphatic heterocycles. The summed E-state index contributed by atoms with van der Waals surface area (Å²) in [7, 11) is 1.53. The van der Waals surface area contributed by atoms with Crippen LogP contribution >= 0.6 is 0 Å². The van der Waals surface area contributed by atoms with Gasteiger partial charge in [-0.25, -0.2) is 4.79 Å². The van der Waals surface area contributed by atoms with Gasteiger partial charge in [0.05, 0.1) is 12.2 Å². The summed E-state index contributed by atoms with van der Waals surface area (Å²) in [5.74, 6) is -0.177. The molecule has 1 amide bonds. The van der Waals surface area contributed by atoms with Crippen molar-refractivity contribution in [2.24, 2.45) is 0 Å². The number of nitrogens with one attached hydrogen (secondary N) is 1. The zero-order chi connectivity index (χ0) is 12.7. The summed E-state index contributed by atoms with van der Waals surface area (Å²) < 4.78 is 10.1. The van der Waals surface area contributed by atoms with E-state index in [0.717, 1.165) is 0 Å². The third-order valence-electron chi connectivity index (χ3n) is 1.99. The molecule has 92 valence electrons. The molecule has 0 radical (unpaired) electrons. The monoisotopic (exact) mass is 237 g/mol. The molecule has 0 aromatic heterocycles. The second-order valence-corrected chi connectivity index (χ2v) is 3.21. The maximum Gasteiger partial charge on any atom is 0.338 e. The molecule has 0 aliphatic rings. The molecule has 5 nitrogen and oxygen atoms in total. The van der Waals surface area contributed by atoms with E-state index in [4.69, 9.17) is 9.47 Å². The lowest BCUT2D eigenvalue weighted by Crippen LogP contribution is -2.24. The van der Waals surface area contributed by atoms with E-state index in [2.05, 4.69) is 5.32 Å². The molecular weight excluding hydrogens is 222 g/mol. The Bertz CT molecular complexity index is 403. The summed E-state index contributed by atoms with van der Waals surface area (Å²) in [6, 6.07) is 6.52. The maximum absolute atomic E-state index is 11.4. The van der Waals surface area contributed by atoms with Crippen LogP contribution in [0.3, 0.4) is 0 Å². The standard InChI is InChI=1S/C12H15NO4/c1-3-16-12(15)9-5-4-6-10(7-9)17-8-11(14)13-2/h4-7H,3,8H2,1-2H3,(H,13,14). The van der Waals surface area contributed by atoms with Crippen molar-refractivity contribution in [1.82, 2.24) is 5.32 Å². The first-order valence-electron chi connectivity index (χ1n) is 5.28. The van der Waals surface area contributed by atoms with Gasteiger partial charge in [0.15, 0.2) is 6.61 Å². The quantitative estimate of drug-likeness (QED) is 0.775. The first-order valence-corrected chi connectivity index (χ1v) is 5.28. The Morgan fingerprint density at radius 3 is 2.76 bits per heavy atom. The Balaban J connectivity index is 2.65. The van der Waals surface area contributed by atoms with Gasteiger partial charge in [0.25, 0.3) is 5.91 Å². The van der Waals surface area contributed by atoms with Crippen molar-refractivity contribution in [2.45, 2.75) is 6.92 Å². The highest BCUT2D eigenvalue weighted by Crippen LogP contribution is 2.14. The van der Waals surface area contributed by atoms with Crippen LogP contribution in [-0.4, -0.2) is 32.1 Å². The van der Waals surface area contributed by atoms with Gasteiger partial charge >= 0.3 is 5.97 Å². The number of carbonyl (C=O) groups excluding carboxylic acids is 2. The second kappa shape index (κ2) is 6.52. The molecule has 1 aromatic rings. The fourth-order valence-electron chi connectivity index (χ4n) is 1.15. The Kier molecular flexibility index (Phi) is 5.00. The maximum atomic E-state index is 11.4. The number of benzene rings is 1. The molecule has 5 heteroatoms. The highest BCUT2D eigenvalue weighted by molar-refractivity contribution is 5.89. The number of likely N-dealkylation sites (N-methyl/N-ethyl adjacent to an activating group) is 1. The number of hydrogen-bond acceptors (Lipinski definition) is 4. The molecule has 0 heterocycles. The molecular formula is C12H15NO4. The lowest BCUT2D eigenvalue weighted by molar-refractivity contribution is -0.122. The van der Waals surface area contributed by atoms with Crippen molar-refractivity contribution in [2.75, 3.05) is 20.3 Å². The number of esters is 1. The number of hydrogen-bond donors (Lipinski definition) is 1. The molecule has 1 aromatic carbocycles. The van der Waals surface area contributed by atoms with Crippen LogP contribution in [0.5, 0.6) is 5.75 Å². The molecule has 1 N–H and O–H groups in total. The molecule has 0 fully saturated rings. The first-order chi connectivity index (χ1) is 8.17. The Labute approximate surface area is 99.7 Å². The molecule has 0 aliphatic carbocycles. The molecule has 17 heavy (non-hydrogen) atoms. The van der Waals surface area contributed by atoms with E-state index < -0.39 is 5.97 Å². The van der Waals surface area contributed by atoms with Crippen LogP contribution in [0.4, 0.5) is 0 Å². The Morgan fingerprint density at radius 1 is 1.35 bits per heavy atom. The fourth-order valence-corrected chi connectivity index (χ4v) is 1.15. The molecule has 0 atom stereocenters. The van der Waals surface area contributed by atoms with Gasteiger partial charge in [-0.2, -0.15) is 0 Å². The van der Waals surface area contributed by atoms with E-state index in [-0.39, 0.29) is 12.5 Å². The fraction of sp³-hybridized carbons (Fsp3) is 0.333. The highest BCUT2D eigenvalue weighted by Gasteiger charge is 2.07. The van der Waals surface area contributed by atoms with E-state index in [1.807, 2.05) is 0 Å².